The summed E-state index contributed by atoms with van der Waals surface area (Å²) in [5.74, 6) is 1.20. The van der Waals surface area contributed by atoms with E-state index in [9.17, 15) is 4.79 Å². The van der Waals surface area contributed by atoms with Gasteiger partial charge in [-0.2, -0.15) is 4.98 Å². The molecule has 0 saturated heterocycles. The molecule has 0 aliphatic heterocycles. The van der Waals surface area contributed by atoms with Crippen LogP contribution in [-0.2, 0) is 11.8 Å². The molecule has 1 aliphatic rings. The van der Waals surface area contributed by atoms with Crippen molar-refractivity contribution >= 4 is 11.9 Å². The molecule has 0 radical (unpaired) electrons. The lowest BCUT2D eigenvalue weighted by molar-refractivity contribution is -0.130. The van der Waals surface area contributed by atoms with E-state index in [0.717, 1.165) is 31.5 Å². The minimum absolute atomic E-state index is 0.0225. The minimum Gasteiger partial charge on any atom is -0.293 e. The maximum absolute atomic E-state index is 12.2. The van der Waals surface area contributed by atoms with Crippen molar-refractivity contribution in [1.29, 1.82) is 0 Å². The van der Waals surface area contributed by atoms with Gasteiger partial charge in [0, 0.05) is 7.05 Å². The van der Waals surface area contributed by atoms with Crippen LogP contribution in [-0.4, -0.2) is 20.7 Å². The number of aromatic nitrogens is 3. The minimum atomic E-state index is -0.269. The highest BCUT2D eigenvalue weighted by Crippen LogP contribution is 2.44. The van der Waals surface area contributed by atoms with E-state index in [1.165, 1.54) is 0 Å². The summed E-state index contributed by atoms with van der Waals surface area (Å²) in [6, 6.07) is 0. The Morgan fingerprint density at radius 2 is 2.35 bits per heavy atom. The number of anilines is 1. The normalized spacial score (nSPS) is 17.3. The maximum atomic E-state index is 12.2. The van der Waals surface area contributed by atoms with Gasteiger partial charge in [-0.3, -0.25) is 14.8 Å². The number of allylic oxidation sites excluding steroid dienone is 1. The second-order valence-electron chi connectivity index (χ2n) is 4.69. The highest BCUT2D eigenvalue weighted by molar-refractivity contribution is 5.94. The Morgan fingerprint density at radius 1 is 1.65 bits per heavy atom. The number of aryl methyl sites for hydroxylation is 2. The first-order chi connectivity index (χ1) is 8.07. The van der Waals surface area contributed by atoms with Crippen LogP contribution in [0.25, 0.3) is 0 Å². The molecule has 1 aromatic rings. The second kappa shape index (κ2) is 4.31. The number of amides is 1. The van der Waals surface area contributed by atoms with Gasteiger partial charge in [-0.1, -0.05) is 12.5 Å². The first-order valence-electron chi connectivity index (χ1n) is 5.87. The van der Waals surface area contributed by atoms with Gasteiger partial charge in [0.05, 0.1) is 5.41 Å². The summed E-state index contributed by atoms with van der Waals surface area (Å²) in [7, 11) is 1.81. The van der Waals surface area contributed by atoms with E-state index in [0.29, 0.717) is 5.95 Å². The topological polar surface area (TPSA) is 59.8 Å². The molecule has 2 rings (SSSR count). The smallest absolute Gasteiger partial charge is 0.248 e. The summed E-state index contributed by atoms with van der Waals surface area (Å²) in [5.41, 5.74) is -0.269. The Bertz CT molecular complexity index is 426. The number of nitrogens with zero attached hydrogens (tertiary/aromatic N) is 3. The van der Waals surface area contributed by atoms with E-state index in [1.54, 1.807) is 11.7 Å². The first-order valence-corrected chi connectivity index (χ1v) is 5.87. The SMILES string of the molecule is C=CCC1(C(=O)Nc2nc(C)n(C)n2)CCC1. The van der Waals surface area contributed by atoms with E-state index in [1.807, 2.05) is 13.0 Å². The Kier molecular flexibility index (Phi) is 3.00. The van der Waals surface area contributed by atoms with E-state index < -0.39 is 0 Å². The molecular weight excluding hydrogens is 216 g/mol. The molecule has 1 amide bonds. The molecule has 1 N–H and O–H groups in total. The van der Waals surface area contributed by atoms with Crippen LogP contribution in [0.15, 0.2) is 12.7 Å². The second-order valence-corrected chi connectivity index (χ2v) is 4.69. The zero-order valence-corrected chi connectivity index (χ0v) is 10.4. The monoisotopic (exact) mass is 234 g/mol. The fraction of sp³-hybridized carbons (Fsp3) is 0.583. The highest BCUT2D eigenvalue weighted by Gasteiger charge is 2.43. The highest BCUT2D eigenvalue weighted by atomic mass is 16.2. The average molecular weight is 234 g/mol. The Labute approximate surface area is 101 Å². The van der Waals surface area contributed by atoms with Crippen LogP contribution in [0.4, 0.5) is 5.95 Å². The van der Waals surface area contributed by atoms with Gasteiger partial charge in [-0.25, -0.2) is 0 Å². The number of hydrogen-bond donors (Lipinski definition) is 1. The lowest BCUT2D eigenvalue weighted by Crippen LogP contribution is -2.41. The summed E-state index contributed by atoms with van der Waals surface area (Å²) in [5, 5.41) is 6.93. The van der Waals surface area contributed by atoms with Crippen molar-refractivity contribution < 1.29 is 4.79 Å². The molecule has 5 heteroatoms. The zero-order valence-electron chi connectivity index (χ0n) is 10.4. The van der Waals surface area contributed by atoms with Gasteiger partial charge in [0.15, 0.2) is 0 Å². The van der Waals surface area contributed by atoms with E-state index >= 15 is 0 Å². The lowest BCUT2D eigenvalue weighted by atomic mass is 9.66. The van der Waals surface area contributed by atoms with Crippen molar-refractivity contribution in [2.45, 2.75) is 32.6 Å². The van der Waals surface area contributed by atoms with Crippen molar-refractivity contribution in [1.82, 2.24) is 14.8 Å². The predicted octanol–water partition coefficient (Wildman–Crippen LogP) is 1.81. The van der Waals surface area contributed by atoms with Crippen molar-refractivity contribution in [3.63, 3.8) is 0 Å². The molecule has 0 aromatic carbocycles. The molecule has 1 aromatic heterocycles. The fourth-order valence-corrected chi connectivity index (χ4v) is 2.15. The van der Waals surface area contributed by atoms with Gasteiger partial charge in [-0.05, 0) is 26.2 Å². The van der Waals surface area contributed by atoms with Crippen LogP contribution in [0.1, 0.15) is 31.5 Å². The van der Waals surface area contributed by atoms with Crippen molar-refractivity contribution in [3.05, 3.63) is 18.5 Å². The summed E-state index contributed by atoms with van der Waals surface area (Å²) in [6.07, 6.45) is 5.50. The third kappa shape index (κ3) is 2.09. The summed E-state index contributed by atoms with van der Waals surface area (Å²) < 4.78 is 1.65. The molecule has 0 bridgehead atoms. The van der Waals surface area contributed by atoms with Crippen molar-refractivity contribution in [2.24, 2.45) is 12.5 Å². The van der Waals surface area contributed by atoms with E-state index in [4.69, 9.17) is 0 Å². The summed E-state index contributed by atoms with van der Waals surface area (Å²) in [6.45, 7) is 5.57. The number of carbonyl (C=O) groups is 1. The largest absolute Gasteiger partial charge is 0.293 e. The molecule has 0 atom stereocenters. The maximum Gasteiger partial charge on any atom is 0.248 e. The molecule has 1 saturated carbocycles. The molecule has 0 unspecified atom stereocenters. The van der Waals surface area contributed by atoms with Crippen LogP contribution in [0, 0.1) is 12.3 Å². The fourth-order valence-electron chi connectivity index (χ4n) is 2.15. The van der Waals surface area contributed by atoms with Crippen LogP contribution >= 0.6 is 0 Å². The first kappa shape index (κ1) is 11.8. The van der Waals surface area contributed by atoms with Crippen molar-refractivity contribution in [2.75, 3.05) is 5.32 Å². The third-order valence-corrected chi connectivity index (χ3v) is 3.53. The van der Waals surface area contributed by atoms with Crippen LogP contribution in [0.2, 0.25) is 0 Å². The molecule has 17 heavy (non-hydrogen) atoms. The quantitative estimate of drug-likeness (QED) is 0.808. The van der Waals surface area contributed by atoms with Gasteiger partial charge in [0.25, 0.3) is 0 Å². The summed E-state index contributed by atoms with van der Waals surface area (Å²) >= 11 is 0. The predicted molar refractivity (Wildman–Crippen MR) is 65.5 cm³/mol. The molecule has 92 valence electrons. The van der Waals surface area contributed by atoms with Gasteiger partial charge in [-0.15, -0.1) is 11.7 Å². The van der Waals surface area contributed by atoms with Gasteiger partial charge >= 0.3 is 0 Å². The lowest BCUT2D eigenvalue weighted by Gasteiger charge is -2.39. The summed E-state index contributed by atoms with van der Waals surface area (Å²) in [4.78, 5) is 16.4. The Morgan fingerprint density at radius 3 is 2.76 bits per heavy atom. The number of hydrogen-bond acceptors (Lipinski definition) is 3. The van der Waals surface area contributed by atoms with Crippen LogP contribution in [0.5, 0.6) is 0 Å². The van der Waals surface area contributed by atoms with Crippen LogP contribution in [0.3, 0.4) is 0 Å². The number of carbonyl (C=O) groups excluding carboxylic acids is 1. The van der Waals surface area contributed by atoms with Crippen LogP contribution < -0.4 is 5.32 Å². The molecule has 1 aliphatic carbocycles. The van der Waals surface area contributed by atoms with Crippen molar-refractivity contribution in [3.8, 4) is 0 Å². The van der Waals surface area contributed by atoms with E-state index in [-0.39, 0.29) is 11.3 Å². The molecular formula is C12H18N4O. The molecule has 0 spiro atoms. The van der Waals surface area contributed by atoms with E-state index in [2.05, 4.69) is 22.0 Å². The standard InChI is InChI=1S/C12H18N4O/c1-4-6-12(7-5-8-12)10(17)14-11-13-9(2)16(3)15-11/h4H,1,5-8H2,2-3H3,(H,14,15,17). The molecule has 1 fully saturated rings. The number of nitrogens with one attached hydrogen (secondary N) is 1. The molecule has 1 heterocycles. The third-order valence-electron chi connectivity index (χ3n) is 3.53. The number of rotatable bonds is 4. The van der Waals surface area contributed by atoms with Gasteiger partial charge in [0.1, 0.15) is 5.82 Å². The Hall–Kier alpha value is -1.65. The zero-order chi connectivity index (χ0) is 12.5. The van der Waals surface area contributed by atoms with Gasteiger partial charge in [0.2, 0.25) is 11.9 Å². The van der Waals surface area contributed by atoms with Gasteiger partial charge < -0.3 is 0 Å². The average Bonchev–Trinajstić information content (AvgIpc) is 2.51. The Balaban J connectivity index is 2.08. The molecule has 5 nitrogen and oxygen atoms in total.